The normalized spacial score (nSPS) is 1.79. The average Bonchev–Trinajstić information content (AvgIpc) is 0.811. The summed E-state index contributed by atoms with van der Waals surface area (Å²) in [6.45, 7) is 1.08. The zero-order valence-electron chi connectivity index (χ0n) is 7.56. The monoisotopic (exact) mass is 286 g/mol. The molecule has 11 nitrogen and oxygen atoms in total. The Balaban J connectivity index is -0.000000001000. The van der Waals surface area contributed by atoms with E-state index in [0.29, 0.717) is 0 Å². The molecule has 0 rings (SSSR count). The Labute approximate surface area is 92.3 Å². The van der Waals surface area contributed by atoms with Crippen molar-refractivity contribution < 1.29 is 78.7 Å². The number of carboxylic acids is 1. The Morgan fingerprint density at radius 1 is 0.714 bits per heavy atom. The third-order valence-corrected chi connectivity index (χ3v) is 0. The van der Waals surface area contributed by atoms with Crippen molar-refractivity contribution in [1.29, 1.82) is 0 Å². The average molecular weight is 288 g/mol. The van der Waals surface area contributed by atoms with E-state index < -0.39 is 5.97 Å². The molecule has 0 bridgehead atoms. The summed E-state index contributed by atoms with van der Waals surface area (Å²) in [6, 6.07) is 0. The van der Waals surface area contributed by atoms with Crippen LogP contribution in [0.3, 0.4) is 0 Å². The van der Waals surface area contributed by atoms with Crippen LogP contribution in [0.4, 0.5) is 0 Å². The van der Waals surface area contributed by atoms with Crippen molar-refractivity contribution >= 4 is 5.97 Å². The molecule has 0 radical (unpaired) electrons. The third-order valence-electron chi connectivity index (χ3n) is 0. The summed E-state index contributed by atoms with van der Waals surface area (Å²) in [7, 11) is 0. The minimum Gasteiger partial charge on any atom is -0.481 e. The molecular weight excluding hydrogens is 265 g/mol. The molecule has 0 fully saturated rings. The van der Waals surface area contributed by atoms with Crippen LogP contribution >= 0.6 is 0 Å². The predicted molar refractivity (Wildman–Crippen MR) is 45.8 cm³/mol. The number of rotatable bonds is 0. The minimum atomic E-state index is -0.833. The summed E-state index contributed by atoms with van der Waals surface area (Å²) < 4.78 is 0. The van der Waals surface area contributed by atoms with Crippen LogP contribution in [0.5, 0.6) is 0 Å². The van der Waals surface area contributed by atoms with Gasteiger partial charge in [0.25, 0.3) is 5.97 Å². The minimum absolute atomic E-state index is 0. The smallest absolute Gasteiger partial charge is 0.300 e. The molecule has 0 aromatic heterocycles. The molecule has 0 aromatic rings. The summed E-state index contributed by atoms with van der Waals surface area (Å²) in [6.07, 6.45) is 0. The van der Waals surface area contributed by atoms with E-state index >= 15 is 0 Å². The van der Waals surface area contributed by atoms with E-state index in [1.54, 1.807) is 0 Å². The largest absolute Gasteiger partial charge is 0.481 e. The fourth-order valence-corrected chi connectivity index (χ4v) is 0. The number of carboxylic acid groups (broad SMARTS) is 1. The van der Waals surface area contributed by atoms with Gasteiger partial charge in [-0.05, 0) is 0 Å². The second-order valence-corrected chi connectivity index (χ2v) is 0.519. The molecule has 0 saturated heterocycles. The van der Waals surface area contributed by atoms with Crippen molar-refractivity contribution in [3.8, 4) is 0 Å². The summed E-state index contributed by atoms with van der Waals surface area (Å²) in [5.41, 5.74) is 0. The van der Waals surface area contributed by atoms with Gasteiger partial charge in [0, 0.05) is 26.4 Å². The molecule has 0 aliphatic carbocycles. The molecular formula is C2H22O11Zn. The van der Waals surface area contributed by atoms with Gasteiger partial charge in [0.2, 0.25) is 0 Å². The van der Waals surface area contributed by atoms with E-state index in [9.17, 15) is 0 Å². The van der Waals surface area contributed by atoms with Crippen LogP contribution in [0, 0.1) is 0 Å². The van der Waals surface area contributed by atoms with Crippen LogP contribution in [0.25, 0.3) is 0 Å². The number of hydrogen-bond donors (Lipinski definition) is 1. The summed E-state index contributed by atoms with van der Waals surface area (Å²) in [5, 5.41) is 7.42. The van der Waals surface area contributed by atoms with Gasteiger partial charge in [-0.15, -0.1) is 0 Å². The van der Waals surface area contributed by atoms with Crippen molar-refractivity contribution in [2.24, 2.45) is 0 Å². The maximum atomic E-state index is 9.00. The van der Waals surface area contributed by atoms with Gasteiger partial charge in [0.1, 0.15) is 0 Å². The van der Waals surface area contributed by atoms with Crippen LogP contribution in [0.2, 0.25) is 0 Å². The number of hydrogen-bond acceptors (Lipinski definition) is 1. The Kier molecular flexibility index (Phi) is 4990. The fourth-order valence-electron chi connectivity index (χ4n) is 0. The zero-order chi connectivity index (χ0) is 3.58. The molecule has 0 aromatic carbocycles. The molecule has 0 amide bonds. The van der Waals surface area contributed by atoms with E-state index in [0.717, 1.165) is 6.92 Å². The number of aliphatic carboxylic acids is 1. The van der Waals surface area contributed by atoms with Crippen LogP contribution in [0.15, 0.2) is 0 Å². The molecule has 0 spiro atoms. The molecule has 0 aliphatic rings. The second kappa shape index (κ2) is 235. The van der Waals surface area contributed by atoms with Crippen LogP contribution < -0.4 is 0 Å². The van der Waals surface area contributed by atoms with Gasteiger partial charge in [-0.1, -0.05) is 0 Å². The fraction of sp³-hybridized carbons (Fsp3) is 0.500. The first kappa shape index (κ1) is 298. The van der Waals surface area contributed by atoms with Gasteiger partial charge in [-0.25, -0.2) is 0 Å². The van der Waals surface area contributed by atoms with E-state index in [1.165, 1.54) is 0 Å². The van der Waals surface area contributed by atoms with E-state index in [-0.39, 0.29) is 68.8 Å². The molecule has 0 saturated carbocycles. The summed E-state index contributed by atoms with van der Waals surface area (Å²) in [4.78, 5) is 9.00. The molecule has 0 aliphatic heterocycles. The van der Waals surface area contributed by atoms with Gasteiger partial charge in [-0.2, -0.15) is 0 Å². The maximum Gasteiger partial charge on any atom is 0.300 e. The Bertz CT molecular complexity index is 36.3. The molecule has 0 unspecified atom stereocenters. The van der Waals surface area contributed by atoms with Crippen molar-refractivity contribution in [2.75, 3.05) is 0 Å². The standard InChI is InChI=1S/C2H4O2.9H2O.Zn/c1-2(3)4;;;;;;;;;;/h1H3,(H,3,4);9*1H2;. The molecule has 14 heavy (non-hydrogen) atoms. The zero-order valence-corrected chi connectivity index (χ0v) is 10.5. The van der Waals surface area contributed by atoms with Crippen molar-refractivity contribution in [3.05, 3.63) is 0 Å². The van der Waals surface area contributed by atoms with Crippen molar-refractivity contribution in [2.45, 2.75) is 6.92 Å². The Morgan fingerprint density at radius 2 is 0.714 bits per heavy atom. The SMILES string of the molecule is CC(=O)O.O.O.O.O.O.O.O.O.O.[Zn]. The van der Waals surface area contributed by atoms with Gasteiger partial charge in [0.05, 0.1) is 0 Å². The van der Waals surface area contributed by atoms with Crippen molar-refractivity contribution in [1.82, 2.24) is 0 Å². The topological polar surface area (TPSA) is 321 Å². The first-order chi connectivity index (χ1) is 1.73. The van der Waals surface area contributed by atoms with Crippen molar-refractivity contribution in [3.63, 3.8) is 0 Å². The van der Waals surface area contributed by atoms with E-state index in [1.807, 2.05) is 0 Å². The first-order valence-corrected chi connectivity index (χ1v) is 0.928. The van der Waals surface area contributed by atoms with E-state index in [4.69, 9.17) is 9.90 Å². The van der Waals surface area contributed by atoms with Crippen LogP contribution in [-0.2, 0) is 24.3 Å². The molecule has 0 atom stereocenters. The summed E-state index contributed by atoms with van der Waals surface area (Å²) >= 11 is 0. The Morgan fingerprint density at radius 3 is 0.714 bits per heavy atom. The number of carbonyl (C=O) groups is 1. The molecule has 19 N–H and O–H groups in total. The van der Waals surface area contributed by atoms with Gasteiger partial charge in [0.15, 0.2) is 0 Å². The predicted octanol–water partition coefficient (Wildman–Crippen LogP) is -7.33. The third kappa shape index (κ3) is 19000. The van der Waals surface area contributed by atoms with Gasteiger partial charge in [-0.3, -0.25) is 4.79 Å². The molecule has 12 heteroatoms. The van der Waals surface area contributed by atoms with Crippen LogP contribution in [-0.4, -0.2) is 60.4 Å². The van der Waals surface area contributed by atoms with Gasteiger partial charge >= 0.3 is 0 Å². The Hall–Kier alpha value is -0.267. The van der Waals surface area contributed by atoms with Crippen LogP contribution in [0.1, 0.15) is 6.92 Å². The molecule has 98 valence electrons. The van der Waals surface area contributed by atoms with Gasteiger partial charge < -0.3 is 54.4 Å². The molecule has 0 heterocycles. The van der Waals surface area contributed by atoms with E-state index in [2.05, 4.69) is 0 Å². The summed E-state index contributed by atoms with van der Waals surface area (Å²) in [5.74, 6) is -0.833. The maximum absolute atomic E-state index is 9.00. The second-order valence-electron chi connectivity index (χ2n) is 0.519. The first-order valence-electron chi connectivity index (χ1n) is 0.928. The quantitative estimate of drug-likeness (QED) is 0.424.